The van der Waals surface area contributed by atoms with E-state index in [9.17, 15) is 18.4 Å². The van der Waals surface area contributed by atoms with Crippen LogP contribution in [0.25, 0.3) is 10.8 Å². The van der Waals surface area contributed by atoms with Crippen LogP contribution in [0.1, 0.15) is 10.5 Å². The van der Waals surface area contributed by atoms with E-state index in [2.05, 4.69) is 19.8 Å². The Hall–Kier alpha value is -3.42. The van der Waals surface area contributed by atoms with Gasteiger partial charge in [0.1, 0.15) is 5.69 Å². The predicted octanol–water partition coefficient (Wildman–Crippen LogP) is 3.10. The van der Waals surface area contributed by atoms with Gasteiger partial charge in [0.05, 0.1) is 0 Å². The minimum atomic E-state index is -3.73. The maximum atomic E-state index is 13.0. The fraction of sp³-hybridized carbons (Fsp3) is 0.0588. The van der Waals surface area contributed by atoms with Crippen LogP contribution in [0.15, 0.2) is 53.3 Å². The van der Waals surface area contributed by atoms with Crippen molar-refractivity contribution in [1.82, 2.24) is 4.98 Å². The second-order valence-corrected chi connectivity index (χ2v) is 5.38. The Balaban J connectivity index is 1.62. The number of hydrogen-bond acceptors (Lipinski definition) is 4. The molecule has 0 atom stereocenters. The number of aromatic amines is 1. The summed E-state index contributed by atoms with van der Waals surface area (Å²) in [5.41, 5.74) is -0.126. The molecule has 0 fully saturated rings. The van der Waals surface area contributed by atoms with Crippen LogP contribution in [0, 0.1) is 0 Å². The summed E-state index contributed by atoms with van der Waals surface area (Å²) in [6.45, 7) is 0. The van der Waals surface area contributed by atoms with Gasteiger partial charge in [-0.2, -0.15) is 0 Å². The Kier molecular flexibility index (Phi) is 3.21. The highest BCUT2D eigenvalue weighted by atomic mass is 19.3. The van der Waals surface area contributed by atoms with Crippen LogP contribution in [-0.4, -0.2) is 17.2 Å². The molecule has 4 rings (SSSR count). The monoisotopic (exact) mass is 344 g/mol. The predicted molar refractivity (Wildman–Crippen MR) is 85.2 cm³/mol. The Morgan fingerprint density at radius 2 is 1.80 bits per heavy atom. The minimum Gasteiger partial charge on any atom is -0.395 e. The number of alkyl halides is 2. The number of hydrogen-bond donors (Lipinski definition) is 2. The summed E-state index contributed by atoms with van der Waals surface area (Å²) >= 11 is 0. The van der Waals surface area contributed by atoms with Crippen molar-refractivity contribution in [2.45, 2.75) is 6.29 Å². The Bertz CT molecular complexity index is 1060. The van der Waals surface area contributed by atoms with Crippen molar-refractivity contribution in [3.63, 3.8) is 0 Å². The lowest BCUT2D eigenvalue weighted by Gasteiger charge is -2.07. The number of H-pyrrole nitrogens is 1. The topological polar surface area (TPSA) is 80.4 Å². The Morgan fingerprint density at radius 3 is 2.64 bits per heavy atom. The van der Waals surface area contributed by atoms with E-state index >= 15 is 0 Å². The van der Waals surface area contributed by atoms with Crippen LogP contribution in [0.5, 0.6) is 11.5 Å². The normalized spacial score (nSPS) is 14.5. The lowest BCUT2D eigenvalue weighted by atomic mass is 10.1. The summed E-state index contributed by atoms with van der Waals surface area (Å²) in [5.74, 6) is -0.898. The lowest BCUT2D eigenvalue weighted by Crippen LogP contribution is -2.25. The van der Waals surface area contributed by atoms with E-state index in [1.807, 2.05) is 0 Å². The van der Waals surface area contributed by atoms with E-state index in [4.69, 9.17) is 0 Å². The van der Waals surface area contributed by atoms with Gasteiger partial charge in [-0.1, -0.05) is 18.2 Å². The second-order valence-electron chi connectivity index (χ2n) is 5.38. The van der Waals surface area contributed by atoms with E-state index in [0.717, 1.165) is 0 Å². The molecule has 3 aromatic rings. The average molecular weight is 344 g/mol. The molecule has 2 aromatic carbocycles. The number of rotatable bonds is 2. The highest BCUT2D eigenvalue weighted by molar-refractivity contribution is 6.04. The molecule has 126 valence electrons. The summed E-state index contributed by atoms with van der Waals surface area (Å²) in [4.78, 5) is 26.9. The quantitative estimate of drug-likeness (QED) is 0.749. The third-order valence-electron chi connectivity index (χ3n) is 3.66. The van der Waals surface area contributed by atoms with Gasteiger partial charge in [0.2, 0.25) is 0 Å². The Morgan fingerprint density at radius 1 is 1.04 bits per heavy atom. The number of anilines is 1. The molecule has 8 heteroatoms. The van der Waals surface area contributed by atoms with Crippen LogP contribution in [0.3, 0.4) is 0 Å². The van der Waals surface area contributed by atoms with E-state index in [1.165, 1.54) is 24.3 Å². The van der Waals surface area contributed by atoms with Gasteiger partial charge in [-0.3, -0.25) is 9.59 Å². The zero-order chi connectivity index (χ0) is 17.6. The minimum absolute atomic E-state index is 0.0479. The highest BCUT2D eigenvalue weighted by Gasteiger charge is 2.43. The van der Waals surface area contributed by atoms with Crippen molar-refractivity contribution >= 4 is 22.4 Å². The molecule has 0 saturated heterocycles. The molecule has 1 aliphatic rings. The third-order valence-corrected chi connectivity index (χ3v) is 3.66. The van der Waals surface area contributed by atoms with Crippen LogP contribution < -0.4 is 20.3 Å². The molecule has 6 nitrogen and oxygen atoms in total. The first kappa shape index (κ1) is 15.1. The summed E-state index contributed by atoms with van der Waals surface area (Å²) in [6, 6.07) is 12.2. The fourth-order valence-corrected chi connectivity index (χ4v) is 2.56. The lowest BCUT2D eigenvalue weighted by molar-refractivity contribution is -0.286. The number of carbonyl (C=O) groups excluding carboxylic acids is 1. The van der Waals surface area contributed by atoms with Crippen molar-refractivity contribution in [3.05, 3.63) is 64.6 Å². The molecule has 1 aliphatic heterocycles. The van der Waals surface area contributed by atoms with Gasteiger partial charge in [0, 0.05) is 17.1 Å². The molecule has 0 bridgehead atoms. The number of fused-ring (bicyclic) bond motifs is 2. The second kappa shape index (κ2) is 5.30. The van der Waals surface area contributed by atoms with E-state index < -0.39 is 17.8 Å². The molecule has 0 aliphatic carbocycles. The first-order valence-corrected chi connectivity index (χ1v) is 7.25. The number of aromatic nitrogens is 1. The van der Waals surface area contributed by atoms with Gasteiger partial charge >= 0.3 is 6.29 Å². The molecule has 1 amide bonds. The summed E-state index contributed by atoms with van der Waals surface area (Å²) in [7, 11) is 0. The third kappa shape index (κ3) is 2.78. The van der Waals surface area contributed by atoms with Gasteiger partial charge < -0.3 is 19.8 Å². The zero-order valence-electron chi connectivity index (χ0n) is 12.5. The van der Waals surface area contributed by atoms with Crippen molar-refractivity contribution < 1.29 is 23.0 Å². The number of halogens is 2. The molecule has 2 heterocycles. The van der Waals surface area contributed by atoms with Crippen molar-refractivity contribution in [3.8, 4) is 11.5 Å². The Labute approximate surface area is 139 Å². The van der Waals surface area contributed by atoms with E-state index in [0.29, 0.717) is 10.8 Å². The SMILES string of the molecule is O=C(Nc1ccc2c(c1)OC(F)(F)O2)c1cc2ccccc2c(=O)[nH]1. The molecule has 25 heavy (non-hydrogen) atoms. The van der Waals surface area contributed by atoms with Gasteiger partial charge in [-0.25, -0.2) is 0 Å². The number of benzene rings is 2. The maximum absolute atomic E-state index is 13.0. The smallest absolute Gasteiger partial charge is 0.395 e. The van der Waals surface area contributed by atoms with Crippen LogP contribution in [0.4, 0.5) is 14.5 Å². The van der Waals surface area contributed by atoms with Gasteiger partial charge in [-0.15, -0.1) is 8.78 Å². The molecule has 1 aromatic heterocycles. The average Bonchev–Trinajstić information content (AvgIpc) is 2.88. The van der Waals surface area contributed by atoms with Crippen molar-refractivity contribution in [1.29, 1.82) is 0 Å². The molecular weight excluding hydrogens is 334 g/mol. The number of pyridine rings is 1. The van der Waals surface area contributed by atoms with Crippen molar-refractivity contribution in [2.75, 3.05) is 5.32 Å². The largest absolute Gasteiger partial charge is 0.586 e. The van der Waals surface area contributed by atoms with Gasteiger partial charge in [0.15, 0.2) is 11.5 Å². The molecule has 0 spiro atoms. The van der Waals surface area contributed by atoms with E-state index in [-0.39, 0.29) is 22.9 Å². The standard InChI is InChI=1S/C17H10F2N2O4/c18-17(19)24-13-6-5-10(8-14(13)25-17)20-16(23)12-7-9-3-1-2-4-11(9)15(22)21-12/h1-8H,(H,20,23)(H,21,22). The molecule has 0 saturated carbocycles. The highest BCUT2D eigenvalue weighted by Crippen LogP contribution is 2.42. The molecule has 0 radical (unpaired) electrons. The maximum Gasteiger partial charge on any atom is 0.586 e. The molecular formula is C17H10F2N2O4. The van der Waals surface area contributed by atoms with Gasteiger partial charge in [-0.05, 0) is 29.7 Å². The number of carbonyl (C=O) groups is 1. The van der Waals surface area contributed by atoms with Crippen LogP contribution >= 0.6 is 0 Å². The fourth-order valence-electron chi connectivity index (χ4n) is 2.56. The van der Waals surface area contributed by atoms with Gasteiger partial charge in [0.25, 0.3) is 11.5 Å². The molecule has 2 N–H and O–H groups in total. The summed E-state index contributed by atoms with van der Waals surface area (Å²) < 4.78 is 34.7. The first-order chi connectivity index (χ1) is 11.9. The van der Waals surface area contributed by atoms with Crippen molar-refractivity contribution in [2.24, 2.45) is 0 Å². The van der Waals surface area contributed by atoms with Crippen LogP contribution in [-0.2, 0) is 0 Å². The van der Waals surface area contributed by atoms with E-state index in [1.54, 1.807) is 24.3 Å². The summed E-state index contributed by atoms with van der Waals surface area (Å²) in [6.07, 6.45) is -3.73. The first-order valence-electron chi connectivity index (χ1n) is 7.25. The van der Waals surface area contributed by atoms with Crippen LogP contribution in [0.2, 0.25) is 0 Å². The summed E-state index contributed by atoms with van der Waals surface area (Å²) in [5, 5.41) is 3.59. The number of nitrogens with one attached hydrogen (secondary N) is 2. The zero-order valence-corrected chi connectivity index (χ0v) is 12.5. The number of ether oxygens (including phenoxy) is 2. The number of amides is 1. The molecule has 0 unspecified atom stereocenters.